The Hall–Kier alpha value is -2.04. The van der Waals surface area contributed by atoms with Crippen LogP contribution in [0.25, 0.3) is 0 Å². The molecule has 0 unspecified atom stereocenters. The van der Waals surface area contributed by atoms with Gasteiger partial charge in [0.2, 0.25) is 10.0 Å². The SMILES string of the molecule is CSc1ccc(C(=O)Nc2ccc(S(=O)(=O)NCC(F)(F)F)cc2)cc1. The highest BCUT2D eigenvalue weighted by Crippen LogP contribution is 2.19. The van der Waals surface area contributed by atoms with E-state index in [-0.39, 0.29) is 10.8 Å². The molecule has 26 heavy (non-hydrogen) atoms. The molecule has 2 aromatic rings. The lowest BCUT2D eigenvalue weighted by atomic mass is 10.2. The van der Waals surface area contributed by atoms with Crippen molar-refractivity contribution in [3.8, 4) is 0 Å². The maximum absolute atomic E-state index is 12.1. The standard InChI is InChI=1S/C16H15F3N2O3S2/c1-25-13-6-2-11(3-7-13)15(22)21-12-4-8-14(9-5-12)26(23,24)20-10-16(17,18)19/h2-9,20H,10H2,1H3,(H,21,22). The van der Waals surface area contributed by atoms with Crippen molar-refractivity contribution >= 4 is 33.4 Å². The highest BCUT2D eigenvalue weighted by molar-refractivity contribution is 7.98. The molecule has 0 saturated carbocycles. The summed E-state index contributed by atoms with van der Waals surface area (Å²) in [6, 6.07) is 11.7. The molecule has 10 heteroatoms. The number of sulfonamides is 1. The van der Waals surface area contributed by atoms with Gasteiger partial charge in [-0.2, -0.15) is 13.2 Å². The quantitative estimate of drug-likeness (QED) is 0.723. The fourth-order valence-electron chi connectivity index (χ4n) is 1.92. The van der Waals surface area contributed by atoms with Crippen LogP contribution in [0.5, 0.6) is 0 Å². The summed E-state index contributed by atoms with van der Waals surface area (Å²) in [5.74, 6) is -0.386. The number of carbonyl (C=O) groups is 1. The Morgan fingerprint density at radius 2 is 1.62 bits per heavy atom. The second-order valence-electron chi connectivity index (χ2n) is 5.15. The monoisotopic (exact) mass is 404 g/mol. The first kappa shape index (κ1) is 20.3. The van der Waals surface area contributed by atoms with Crippen molar-refractivity contribution in [1.29, 1.82) is 0 Å². The molecule has 5 nitrogen and oxygen atoms in total. The number of hydrogen-bond acceptors (Lipinski definition) is 4. The molecule has 140 valence electrons. The molecule has 0 aromatic heterocycles. The minimum Gasteiger partial charge on any atom is -0.322 e. The van der Waals surface area contributed by atoms with Crippen LogP contribution < -0.4 is 10.0 Å². The second kappa shape index (κ2) is 8.11. The maximum atomic E-state index is 12.1. The third kappa shape index (κ3) is 5.75. The van der Waals surface area contributed by atoms with Crippen LogP contribution in [0.2, 0.25) is 0 Å². The van der Waals surface area contributed by atoms with E-state index in [9.17, 15) is 26.4 Å². The van der Waals surface area contributed by atoms with Gasteiger partial charge in [0, 0.05) is 16.1 Å². The molecule has 0 heterocycles. The fraction of sp³-hybridized carbons (Fsp3) is 0.188. The predicted molar refractivity (Wildman–Crippen MR) is 93.9 cm³/mol. The van der Waals surface area contributed by atoms with E-state index < -0.39 is 22.7 Å². The molecule has 0 radical (unpaired) electrons. The topological polar surface area (TPSA) is 75.3 Å². The Morgan fingerprint density at radius 1 is 1.04 bits per heavy atom. The first-order valence-electron chi connectivity index (χ1n) is 7.22. The summed E-state index contributed by atoms with van der Waals surface area (Å²) < 4.78 is 61.5. The van der Waals surface area contributed by atoms with Crippen molar-refractivity contribution < 1.29 is 26.4 Å². The van der Waals surface area contributed by atoms with Gasteiger partial charge in [-0.05, 0) is 54.8 Å². The molecular formula is C16H15F3N2O3S2. The lowest BCUT2D eigenvalue weighted by molar-refractivity contribution is -0.121. The number of nitrogens with one attached hydrogen (secondary N) is 2. The minimum atomic E-state index is -4.65. The number of carbonyl (C=O) groups excluding carboxylic acids is 1. The summed E-state index contributed by atoms with van der Waals surface area (Å²) in [6.07, 6.45) is -2.74. The number of rotatable bonds is 6. The van der Waals surface area contributed by atoms with Gasteiger partial charge in [-0.15, -0.1) is 11.8 Å². The van der Waals surface area contributed by atoms with Crippen LogP contribution in [0.1, 0.15) is 10.4 Å². The molecule has 0 bridgehead atoms. The molecule has 2 N–H and O–H groups in total. The summed E-state index contributed by atoms with van der Waals surface area (Å²) in [4.78, 5) is 12.8. The average molecular weight is 404 g/mol. The Labute approximate surface area is 153 Å². The first-order chi connectivity index (χ1) is 12.1. The smallest absolute Gasteiger partial charge is 0.322 e. The van der Waals surface area contributed by atoms with Gasteiger partial charge in [0.05, 0.1) is 4.90 Å². The van der Waals surface area contributed by atoms with Crippen LogP contribution in [0.3, 0.4) is 0 Å². The van der Waals surface area contributed by atoms with Crippen LogP contribution in [0.15, 0.2) is 58.3 Å². The summed E-state index contributed by atoms with van der Waals surface area (Å²) in [7, 11) is -4.28. The van der Waals surface area contributed by atoms with Crippen LogP contribution in [-0.2, 0) is 10.0 Å². The Kier molecular flexibility index (Phi) is 6.32. The average Bonchev–Trinajstić information content (AvgIpc) is 2.60. The molecule has 0 aliphatic carbocycles. The lowest BCUT2D eigenvalue weighted by Gasteiger charge is -2.10. The van der Waals surface area contributed by atoms with Gasteiger partial charge >= 0.3 is 6.18 Å². The van der Waals surface area contributed by atoms with Gasteiger partial charge in [-0.3, -0.25) is 4.79 Å². The predicted octanol–water partition coefficient (Wildman–Crippen LogP) is 3.50. The fourth-order valence-corrected chi connectivity index (χ4v) is 3.35. The zero-order chi connectivity index (χ0) is 19.4. The summed E-state index contributed by atoms with van der Waals surface area (Å²) in [5, 5.41) is 2.59. The van der Waals surface area contributed by atoms with Gasteiger partial charge in [0.1, 0.15) is 6.54 Å². The summed E-state index contributed by atoms with van der Waals surface area (Å²) >= 11 is 1.54. The highest BCUT2D eigenvalue weighted by atomic mass is 32.2. The van der Waals surface area contributed by atoms with E-state index in [1.165, 1.54) is 28.6 Å². The number of anilines is 1. The first-order valence-corrected chi connectivity index (χ1v) is 9.93. The minimum absolute atomic E-state index is 0.318. The zero-order valence-corrected chi connectivity index (χ0v) is 15.1. The normalized spacial score (nSPS) is 12.0. The molecule has 2 rings (SSSR count). The Morgan fingerprint density at radius 3 is 2.12 bits per heavy atom. The molecule has 0 spiro atoms. The van der Waals surface area contributed by atoms with E-state index >= 15 is 0 Å². The van der Waals surface area contributed by atoms with Crippen molar-refractivity contribution in [1.82, 2.24) is 4.72 Å². The van der Waals surface area contributed by atoms with E-state index in [1.54, 1.807) is 24.3 Å². The van der Waals surface area contributed by atoms with Gasteiger partial charge in [-0.1, -0.05) is 0 Å². The number of hydrogen-bond donors (Lipinski definition) is 2. The van der Waals surface area contributed by atoms with E-state index in [2.05, 4.69) is 5.32 Å². The van der Waals surface area contributed by atoms with Crippen molar-refractivity contribution in [2.75, 3.05) is 18.1 Å². The molecule has 0 fully saturated rings. The van der Waals surface area contributed by atoms with Gasteiger partial charge in [0.25, 0.3) is 5.91 Å². The van der Waals surface area contributed by atoms with Gasteiger partial charge in [0.15, 0.2) is 0 Å². The summed E-state index contributed by atoms with van der Waals surface area (Å²) in [5.41, 5.74) is 0.741. The third-order valence-corrected chi connectivity index (χ3v) is 5.40. The molecule has 0 atom stereocenters. The van der Waals surface area contributed by atoms with E-state index in [4.69, 9.17) is 0 Å². The number of thioether (sulfide) groups is 1. The van der Waals surface area contributed by atoms with Crippen LogP contribution >= 0.6 is 11.8 Å². The largest absolute Gasteiger partial charge is 0.402 e. The van der Waals surface area contributed by atoms with Gasteiger partial charge < -0.3 is 5.32 Å². The van der Waals surface area contributed by atoms with E-state index in [0.29, 0.717) is 11.3 Å². The molecule has 2 aromatic carbocycles. The maximum Gasteiger partial charge on any atom is 0.402 e. The van der Waals surface area contributed by atoms with Crippen LogP contribution in [0.4, 0.5) is 18.9 Å². The summed E-state index contributed by atoms with van der Waals surface area (Å²) in [6.45, 7) is -1.65. The number of amides is 1. The van der Waals surface area contributed by atoms with Gasteiger partial charge in [-0.25, -0.2) is 13.1 Å². The number of benzene rings is 2. The van der Waals surface area contributed by atoms with Crippen LogP contribution in [0, 0.1) is 0 Å². The van der Waals surface area contributed by atoms with Crippen molar-refractivity contribution in [2.24, 2.45) is 0 Å². The molecule has 0 aliphatic heterocycles. The Balaban J connectivity index is 2.05. The van der Waals surface area contributed by atoms with E-state index in [1.807, 2.05) is 6.26 Å². The van der Waals surface area contributed by atoms with Crippen molar-refractivity contribution in [3.05, 3.63) is 54.1 Å². The van der Waals surface area contributed by atoms with E-state index in [0.717, 1.165) is 17.0 Å². The Bertz CT molecular complexity index is 865. The zero-order valence-electron chi connectivity index (χ0n) is 13.5. The van der Waals surface area contributed by atoms with Crippen LogP contribution in [-0.4, -0.2) is 33.3 Å². The lowest BCUT2D eigenvalue weighted by Crippen LogP contribution is -2.33. The van der Waals surface area contributed by atoms with Crippen molar-refractivity contribution in [2.45, 2.75) is 16.0 Å². The molecular weight excluding hydrogens is 389 g/mol. The number of alkyl halides is 3. The molecule has 1 amide bonds. The molecule has 0 aliphatic rings. The molecule has 0 saturated heterocycles. The van der Waals surface area contributed by atoms with Crippen molar-refractivity contribution in [3.63, 3.8) is 0 Å². The third-order valence-electron chi connectivity index (χ3n) is 3.24. The number of halogens is 3. The second-order valence-corrected chi connectivity index (χ2v) is 7.79. The highest BCUT2D eigenvalue weighted by Gasteiger charge is 2.30.